The molecule has 5 heteroatoms. The Morgan fingerprint density at radius 1 is 1.26 bits per heavy atom. The Labute approximate surface area is 121 Å². The number of nitrogens with zero attached hydrogens (tertiary/aromatic N) is 2. The highest BCUT2D eigenvalue weighted by atomic mass is 79.9. The monoisotopic (exact) mass is 321 g/mol. The van der Waals surface area contributed by atoms with Gasteiger partial charge in [-0.3, -0.25) is 0 Å². The Morgan fingerprint density at radius 2 is 2.05 bits per heavy atom. The molecule has 0 atom stereocenters. The van der Waals surface area contributed by atoms with E-state index in [4.69, 9.17) is 4.74 Å². The van der Waals surface area contributed by atoms with Crippen molar-refractivity contribution in [1.82, 2.24) is 9.97 Å². The molecular formula is C14H16BrN3O. The number of benzene rings is 1. The zero-order chi connectivity index (χ0) is 13.8. The van der Waals surface area contributed by atoms with Gasteiger partial charge in [-0.2, -0.15) is 4.98 Å². The fourth-order valence-corrected chi connectivity index (χ4v) is 2.08. The van der Waals surface area contributed by atoms with E-state index < -0.39 is 0 Å². The first-order chi connectivity index (χ1) is 9.10. The van der Waals surface area contributed by atoms with Crippen LogP contribution in [0.3, 0.4) is 0 Å². The zero-order valence-electron chi connectivity index (χ0n) is 11.2. The maximum atomic E-state index is 5.87. The molecule has 4 nitrogen and oxygen atoms in total. The molecule has 1 aromatic heterocycles. The van der Waals surface area contributed by atoms with Gasteiger partial charge in [0.2, 0.25) is 11.8 Å². The minimum absolute atomic E-state index is 0.580. The maximum absolute atomic E-state index is 5.87. The number of aryl methyl sites for hydroxylation is 2. The highest BCUT2D eigenvalue weighted by Gasteiger charge is 2.08. The van der Waals surface area contributed by atoms with Gasteiger partial charge in [0.05, 0.1) is 0 Å². The molecule has 0 fully saturated rings. The molecule has 100 valence electrons. The standard InChI is InChI=1S/C14H16BrN3O/c1-4-16-14-17-8-10(3)13(18-14)19-12-6-5-11(15)7-9(12)2/h5-8H,4H2,1-3H3,(H,16,17,18). The molecule has 0 aliphatic rings. The molecule has 2 rings (SSSR count). The second kappa shape index (κ2) is 6.02. The van der Waals surface area contributed by atoms with E-state index in [2.05, 4.69) is 31.2 Å². The topological polar surface area (TPSA) is 47.0 Å². The number of halogens is 1. The Balaban J connectivity index is 2.29. The van der Waals surface area contributed by atoms with Crippen molar-refractivity contribution in [3.05, 3.63) is 40.0 Å². The van der Waals surface area contributed by atoms with Crippen LogP contribution in [0.25, 0.3) is 0 Å². The lowest BCUT2D eigenvalue weighted by Crippen LogP contribution is -2.04. The first-order valence-electron chi connectivity index (χ1n) is 6.11. The third-order valence-corrected chi connectivity index (χ3v) is 3.10. The predicted octanol–water partition coefficient (Wildman–Crippen LogP) is 4.08. The third-order valence-electron chi connectivity index (χ3n) is 2.60. The largest absolute Gasteiger partial charge is 0.438 e. The number of rotatable bonds is 4. The fraction of sp³-hybridized carbons (Fsp3) is 0.286. The summed E-state index contributed by atoms with van der Waals surface area (Å²) in [5, 5.41) is 3.07. The summed E-state index contributed by atoms with van der Waals surface area (Å²) in [5.74, 6) is 1.96. The molecule has 19 heavy (non-hydrogen) atoms. The summed E-state index contributed by atoms with van der Waals surface area (Å²) >= 11 is 3.44. The Morgan fingerprint density at radius 3 is 2.74 bits per heavy atom. The van der Waals surface area contributed by atoms with Crippen LogP contribution in [0.1, 0.15) is 18.1 Å². The van der Waals surface area contributed by atoms with Crippen molar-refractivity contribution in [3.63, 3.8) is 0 Å². The number of anilines is 1. The van der Waals surface area contributed by atoms with Crippen LogP contribution in [0, 0.1) is 13.8 Å². The van der Waals surface area contributed by atoms with Crippen molar-refractivity contribution in [2.75, 3.05) is 11.9 Å². The number of hydrogen-bond donors (Lipinski definition) is 1. The summed E-state index contributed by atoms with van der Waals surface area (Å²) in [6.07, 6.45) is 1.76. The number of ether oxygens (including phenoxy) is 1. The smallest absolute Gasteiger partial charge is 0.226 e. The fourth-order valence-electron chi connectivity index (χ4n) is 1.60. The molecule has 1 N–H and O–H groups in total. The minimum atomic E-state index is 0.580. The van der Waals surface area contributed by atoms with Gasteiger partial charge in [0.15, 0.2) is 0 Å². The first-order valence-corrected chi connectivity index (χ1v) is 6.91. The van der Waals surface area contributed by atoms with Crippen molar-refractivity contribution in [2.45, 2.75) is 20.8 Å². The van der Waals surface area contributed by atoms with Crippen LogP contribution < -0.4 is 10.1 Å². The van der Waals surface area contributed by atoms with E-state index in [1.54, 1.807) is 6.20 Å². The van der Waals surface area contributed by atoms with E-state index in [1.165, 1.54) is 0 Å². The molecule has 0 aliphatic carbocycles. The van der Waals surface area contributed by atoms with Gasteiger partial charge in [0, 0.05) is 22.8 Å². The van der Waals surface area contributed by atoms with E-state index in [0.29, 0.717) is 11.8 Å². The van der Waals surface area contributed by atoms with Gasteiger partial charge in [-0.1, -0.05) is 15.9 Å². The zero-order valence-corrected chi connectivity index (χ0v) is 12.8. The molecule has 0 unspecified atom stereocenters. The van der Waals surface area contributed by atoms with Gasteiger partial charge < -0.3 is 10.1 Å². The second-order valence-electron chi connectivity index (χ2n) is 4.22. The number of aromatic nitrogens is 2. The Hall–Kier alpha value is -1.62. The van der Waals surface area contributed by atoms with Gasteiger partial charge >= 0.3 is 0 Å². The van der Waals surface area contributed by atoms with Crippen LogP contribution in [0.15, 0.2) is 28.9 Å². The average Bonchev–Trinajstić information content (AvgIpc) is 2.37. The van der Waals surface area contributed by atoms with Gasteiger partial charge in [-0.25, -0.2) is 4.98 Å². The van der Waals surface area contributed by atoms with Gasteiger partial charge in [-0.05, 0) is 44.5 Å². The normalized spacial score (nSPS) is 10.3. The van der Waals surface area contributed by atoms with Crippen molar-refractivity contribution in [3.8, 4) is 11.6 Å². The van der Waals surface area contributed by atoms with Crippen LogP contribution in [0.4, 0.5) is 5.95 Å². The van der Waals surface area contributed by atoms with Gasteiger partial charge in [0.25, 0.3) is 0 Å². The minimum Gasteiger partial charge on any atom is -0.438 e. The van der Waals surface area contributed by atoms with Crippen LogP contribution in [-0.4, -0.2) is 16.5 Å². The lowest BCUT2D eigenvalue weighted by atomic mass is 10.2. The van der Waals surface area contributed by atoms with E-state index in [0.717, 1.165) is 27.9 Å². The third kappa shape index (κ3) is 3.44. The highest BCUT2D eigenvalue weighted by Crippen LogP contribution is 2.28. The number of hydrogen-bond acceptors (Lipinski definition) is 4. The summed E-state index contributed by atoms with van der Waals surface area (Å²) in [4.78, 5) is 8.56. The first kappa shape index (κ1) is 13.8. The average molecular weight is 322 g/mol. The van der Waals surface area contributed by atoms with Gasteiger partial charge in [-0.15, -0.1) is 0 Å². The van der Waals surface area contributed by atoms with Crippen molar-refractivity contribution in [2.24, 2.45) is 0 Å². The summed E-state index contributed by atoms with van der Waals surface area (Å²) < 4.78 is 6.90. The molecule has 0 saturated carbocycles. The lowest BCUT2D eigenvalue weighted by molar-refractivity contribution is 0.454. The summed E-state index contributed by atoms with van der Waals surface area (Å²) in [7, 11) is 0. The molecule has 0 aliphatic heterocycles. The molecule has 1 heterocycles. The molecule has 2 aromatic rings. The molecule has 0 radical (unpaired) electrons. The SMILES string of the molecule is CCNc1ncc(C)c(Oc2ccc(Br)cc2C)n1. The Bertz CT molecular complexity index is 587. The van der Waals surface area contributed by atoms with Crippen molar-refractivity contribution in [1.29, 1.82) is 0 Å². The van der Waals surface area contributed by atoms with E-state index >= 15 is 0 Å². The highest BCUT2D eigenvalue weighted by molar-refractivity contribution is 9.10. The summed E-state index contributed by atoms with van der Waals surface area (Å²) in [6, 6.07) is 5.88. The van der Waals surface area contributed by atoms with E-state index in [9.17, 15) is 0 Å². The molecular weight excluding hydrogens is 306 g/mol. The van der Waals surface area contributed by atoms with Crippen LogP contribution in [0.5, 0.6) is 11.6 Å². The maximum Gasteiger partial charge on any atom is 0.226 e. The van der Waals surface area contributed by atoms with Crippen molar-refractivity contribution < 1.29 is 4.74 Å². The van der Waals surface area contributed by atoms with Crippen LogP contribution in [-0.2, 0) is 0 Å². The predicted molar refractivity (Wildman–Crippen MR) is 79.9 cm³/mol. The van der Waals surface area contributed by atoms with E-state index in [-0.39, 0.29) is 0 Å². The summed E-state index contributed by atoms with van der Waals surface area (Å²) in [6.45, 7) is 6.71. The lowest BCUT2D eigenvalue weighted by Gasteiger charge is -2.11. The molecule has 0 bridgehead atoms. The molecule has 1 aromatic carbocycles. The van der Waals surface area contributed by atoms with Gasteiger partial charge in [0.1, 0.15) is 5.75 Å². The number of nitrogens with one attached hydrogen (secondary N) is 1. The second-order valence-corrected chi connectivity index (χ2v) is 5.14. The summed E-state index contributed by atoms with van der Waals surface area (Å²) in [5.41, 5.74) is 1.96. The Kier molecular flexibility index (Phi) is 4.37. The van der Waals surface area contributed by atoms with E-state index in [1.807, 2.05) is 39.0 Å². The van der Waals surface area contributed by atoms with Crippen LogP contribution >= 0.6 is 15.9 Å². The van der Waals surface area contributed by atoms with Crippen molar-refractivity contribution >= 4 is 21.9 Å². The molecule has 0 spiro atoms. The van der Waals surface area contributed by atoms with Crippen LogP contribution in [0.2, 0.25) is 0 Å². The quantitative estimate of drug-likeness (QED) is 0.921. The molecule has 0 amide bonds. The molecule has 0 saturated heterocycles.